The third-order valence-electron chi connectivity index (χ3n) is 7.09. The van der Waals surface area contributed by atoms with Crippen molar-refractivity contribution in [3.63, 3.8) is 0 Å². The lowest BCUT2D eigenvalue weighted by Gasteiger charge is -2.25. The highest BCUT2D eigenvalue weighted by Crippen LogP contribution is 2.28. The van der Waals surface area contributed by atoms with Crippen LogP contribution in [0.5, 0.6) is 0 Å². The molecule has 0 saturated carbocycles. The zero-order chi connectivity index (χ0) is 23.6. The van der Waals surface area contributed by atoms with Gasteiger partial charge in [-0.1, -0.05) is 79.1 Å². The molecule has 0 aromatic rings. The third kappa shape index (κ3) is 10.8. The Kier molecular flexibility index (Phi) is 12.0. The van der Waals surface area contributed by atoms with Crippen LogP contribution in [0.3, 0.4) is 0 Å². The van der Waals surface area contributed by atoms with Gasteiger partial charge in [0, 0.05) is 16.7 Å². The molecule has 0 amide bonds. The van der Waals surface area contributed by atoms with E-state index in [9.17, 15) is 14.7 Å². The molecule has 1 N–H and O–H groups in total. The van der Waals surface area contributed by atoms with Gasteiger partial charge in [-0.15, -0.1) is 0 Å². The lowest BCUT2D eigenvalue weighted by molar-refractivity contribution is -0.116. The molecule has 178 valence electrons. The molecule has 0 aromatic carbocycles. The molecule has 1 aliphatic rings. The zero-order valence-electron chi connectivity index (χ0n) is 21.4. The molecule has 1 rings (SSSR count). The SMILES string of the molecule is CC1=C(C)C(=O)C(CC[C@@](C)(O)CCC[C@H](C)CCC[C@@H](C)CCCC(C)C)=CC1=O. The van der Waals surface area contributed by atoms with Crippen LogP contribution in [0.4, 0.5) is 0 Å². The first-order chi connectivity index (χ1) is 14.4. The van der Waals surface area contributed by atoms with Crippen LogP contribution in [-0.2, 0) is 9.59 Å². The van der Waals surface area contributed by atoms with E-state index in [2.05, 4.69) is 27.7 Å². The van der Waals surface area contributed by atoms with E-state index in [4.69, 9.17) is 0 Å². The molecule has 0 radical (unpaired) electrons. The van der Waals surface area contributed by atoms with Crippen LogP contribution in [0.25, 0.3) is 0 Å². The van der Waals surface area contributed by atoms with Crippen molar-refractivity contribution in [3.8, 4) is 0 Å². The van der Waals surface area contributed by atoms with E-state index in [-0.39, 0.29) is 11.6 Å². The summed E-state index contributed by atoms with van der Waals surface area (Å²) in [4.78, 5) is 24.4. The Morgan fingerprint density at radius 2 is 1.32 bits per heavy atom. The molecule has 0 fully saturated rings. The number of carbonyl (C=O) groups excluding carboxylic acids is 2. The van der Waals surface area contributed by atoms with Gasteiger partial charge in [0.25, 0.3) is 0 Å². The van der Waals surface area contributed by atoms with Crippen LogP contribution >= 0.6 is 0 Å². The molecule has 0 unspecified atom stereocenters. The molecular weight excluding hydrogens is 384 g/mol. The maximum Gasteiger partial charge on any atom is 0.185 e. The van der Waals surface area contributed by atoms with Crippen molar-refractivity contribution in [1.29, 1.82) is 0 Å². The quantitative estimate of drug-likeness (QED) is 0.275. The largest absolute Gasteiger partial charge is 0.390 e. The fourth-order valence-electron chi connectivity index (χ4n) is 4.45. The number of carbonyl (C=O) groups is 2. The van der Waals surface area contributed by atoms with Crippen LogP contribution in [0.1, 0.15) is 119 Å². The number of hydrogen-bond donors (Lipinski definition) is 1. The highest BCUT2D eigenvalue weighted by Gasteiger charge is 2.26. The number of allylic oxidation sites excluding steroid dienone is 4. The predicted molar refractivity (Wildman–Crippen MR) is 131 cm³/mol. The van der Waals surface area contributed by atoms with Gasteiger partial charge in [-0.2, -0.15) is 0 Å². The van der Waals surface area contributed by atoms with Gasteiger partial charge in [0.2, 0.25) is 0 Å². The number of Topliss-reactive ketones (excluding diaryl/α,β-unsaturated/α-hetero) is 1. The van der Waals surface area contributed by atoms with Crippen LogP contribution in [0.2, 0.25) is 0 Å². The third-order valence-corrected chi connectivity index (χ3v) is 7.09. The summed E-state index contributed by atoms with van der Waals surface area (Å²) in [6, 6.07) is 0. The topological polar surface area (TPSA) is 54.4 Å². The van der Waals surface area contributed by atoms with E-state index in [0.717, 1.165) is 31.1 Å². The van der Waals surface area contributed by atoms with Crippen LogP contribution in [0, 0.1) is 17.8 Å². The van der Waals surface area contributed by atoms with Gasteiger partial charge in [-0.25, -0.2) is 0 Å². The fourth-order valence-corrected chi connectivity index (χ4v) is 4.45. The van der Waals surface area contributed by atoms with Gasteiger partial charge in [-0.05, 0) is 63.9 Å². The molecular formula is C28H48O3. The smallest absolute Gasteiger partial charge is 0.185 e. The monoisotopic (exact) mass is 432 g/mol. The Morgan fingerprint density at radius 1 is 0.806 bits per heavy atom. The van der Waals surface area contributed by atoms with Crippen LogP contribution in [0.15, 0.2) is 22.8 Å². The first-order valence-electron chi connectivity index (χ1n) is 12.6. The van der Waals surface area contributed by atoms with Crippen molar-refractivity contribution in [2.24, 2.45) is 17.8 Å². The van der Waals surface area contributed by atoms with Gasteiger partial charge in [0.05, 0.1) is 5.60 Å². The van der Waals surface area contributed by atoms with E-state index >= 15 is 0 Å². The van der Waals surface area contributed by atoms with Crippen LogP contribution in [-0.4, -0.2) is 22.3 Å². The standard InChI is InChI=1S/C28H48O3/c1-20(2)11-8-12-21(3)13-9-14-22(4)15-10-17-28(7,31)18-16-25-19-26(29)23(5)24(6)27(25)30/h19-22,31H,8-18H2,1-7H3/t21-,22+,28-/m0/s1. The second-order valence-electron chi connectivity index (χ2n) is 11.0. The van der Waals surface area contributed by atoms with Gasteiger partial charge < -0.3 is 5.11 Å². The maximum absolute atomic E-state index is 12.4. The van der Waals surface area contributed by atoms with Crippen molar-refractivity contribution >= 4 is 11.6 Å². The van der Waals surface area contributed by atoms with Crippen molar-refractivity contribution in [2.75, 3.05) is 0 Å². The summed E-state index contributed by atoms with van der Waals surface area (Å²) in [7, 11) is 0. The van der Waals surface area contributed by atoms with Crippen molar-refractivity contribution in [3.05, 3.63) is 22.8 Å². The normalized spacial score (nSPS) is 18.9. The van der Waals surface area contributed by atoms with E-state index < -0.39 is 5.60 Å². The Hall–Kier alpha value is -1.22. The van der Waals surface area contributed by atoms with E-state index in [1.54, 1.807) is 13.8 Å². The van der Waals surface area contributed by atoms with Gasteiger partial charge in [0.15, 0.2) is 11.6 Å². The predicted octanol–water partition coefficient (Wildman–Crippen LogP) is 7.37. The summed E-state index contributed by atoms with van der Waals surface area (Å²) >= 11 is 0. The molecule has 0 bridgehead atoms. The number of aliphatic hydroxyl groups is 1. The number of rotatable bonds is 15. The molecule has 0 aliphatic heterocycles. The van der Waals surface area contributed by atoms with Gasteiger partial charge >= 0.3 is 0 Å². The van der Waals surface area contributed by atoms with Crippen molar-refractivity contribution in [1.82, 2.24) is 0 Å². The molecule has 3 atom stereocenters. The van der Waals surface area contributed by atoms with E-state index in [0.29, 0.717) is 35.5 Å². The number of ketones is 2. The summed E-state index contributed by atoms with van der Waals surface area (Å²) in [6.07, 6.45) is 13.3. The number of hydrogen-bond acceptors (Lipinski definition) is 3. The average molecular weight is 433 g/mol. The van der Waals surface area contributed by atoms with Gasteiger partial charge in [0.1, 0.15) is 0 Å². The zero-order valence-corrected chi connectivity index (χ0v) is 21.4. The molecule has 3 heteroatoms. The molecule has 0 saturated heterocycles. The van der Waals surface area contributed by atoms with Crippen LogP contribution < -0.4 is 0 Å². The maximum atomic E-state index is 12.4. The molecule has 31 heavy (non-hydrogen) atoms. The minimum Gasteiger partial charge on any atom is -0.390 e. The molecule has 0 aromatic heterocycles. The molecule has 3 nitrogen and oxygen atoms in total. The van der Waals surface area contributed by atoms with Gasteiger partial charge in [-0.3, -0.25) is 9.59 Å². The summed E-state index contributed by atoms with van der Waals surface area (Å²) in [6.45, 7) is 14.6. The Balaban J connectivity index is 2.25. The average Bonchev–Trinajstić information content (AvgIpc) is 2.67. The van der Waals surface area contributed by atoms with Crippen molar-refractivity contribution in [2.45, 2.75) is 125 Å². The minimum absolute atomic E-state index is 0.0417. The lowest BCUT2D eigenvalue weighted by atomic mass is 9.84. The second-order valence-corrected chi connectivity index (χ2v) is 11.0. The highest BCUT2D eigenvalue weighted by molar-refractivity contribution is 6.22. The molecule has 0 spiro atoms. The molecule has 1 aliphatic carbocycles. The summed E-state index contributed by atoms with van der Waals surface area (Å²) < 4.78 is 0. The molecule has 0 heterocycles. The minimum atomic E-state index is -0.793. The Labute approximate surface area is 191 Å². The second kappa shape index (κ2) is 13.4. The fraction of sp³-hybridized carbons (Fsp3) is 0.786. The first-order valence-corrected chi connectivity index (χ1v) is 12.6. The summed E-state index contributed by atoms with van der Waals surface area (Å²) in [5.41, 5.74) is 0.841. The van der Waals surface area contributed by atoms with Crippen molar-refractivity contribution < 1.29 is 14.7 Å². The first kappa shape index (κ1) is 27.8. The Morgan fingerprint density at radius 3 is 1.87 bits per heavy atom. The highest BCUT2D eigenvalue weighted by atomic mass is 16.3. The van der Waals surface area contributed by atoms with E-state index in [1.165, 1.54) is 44.6 Å². The van der Waals surface area contributed by atoms with E-state index in [1.807, 2.05) is 6.92 Å². The Bertz CT molecular complexity index is 651. The summed E-state index contributed by atoms with van der Waals surface area (Å²) in [5, 5.41) is 10.8. The lowest BCUT2D eigenvalue weighted by Crippen LogP contribution is -2.26. The summed E-state index contributed by atoms with van der Waals surface area (Å²) in [5.74, 6) is 2.22.